The van der Waals surface area contributed by atoms with Crippen molar-refractivity contribution in [1.82, 2.24) is 0 Å². The van der Waals surface area contributed by atoms with E-state index < -0.39 is 11.7 Å². The summed E-state index contributed by atoms with van der Waals surface area (Å²) in [5.41, 5.74) is -0.103. The van der Waals surface area contributed by atoms with Crippen molar-refractivity contribution >= 4 is 23.5 Å². The molecule has 0 saturated heterocycles. The normalized spacial score (nSPS) is 47.3. The molecule has 0 aromatic heterocycles. The Morgan fingerprint density at radius 1 is 0.966 bits per heavy atom. The number of halogens is 1. The maximum absolute atomic E-state index is 12.3. The Morgan fingerprint density at radius 3 is 2.34 bits per heavy atom. The van der Waals surface area contributed by atoms with Crippen LogP contribution in [0.15, 0.2) is 0 Å². The lowest BCUT2D eigenvalue weighted by Crippen LogP contribution is -2.54. The minimum atomic E-state index is -0.659. The fraction of sp³-hybridized carbons (Fsp3) is 0.917. The van der Waals surface area contributed by atoms with Crippen LogP contribution in [0.25, 0.3) is 0 Å². The fourth-order valence-corrected chi connectivity index (χ4v) is 8.36. The molecule has 29 heavy (non-hydrogen) atoms. The molecule has 5 unspecified atom stereocenters. The number of Topliss-reactive ketones (excluding diaryl/α,β-unsaturated/α-hetero) is 1. The van der Waals surface area contributed by atoms with Crippen LogP contribution in [-0.2, 0) is 14.3 Å². The molecule has 4 nitrogen and oxygen atoms in total. The molecule has 0 heterocycles. The lowest BCUT2D eigenvalue weighted by atomic mass is 9.44. The largest absolute Gasteiger partial charge is 0.510 e. The first-order chi connectivity index (χ1) is 13.6. The first-order valence-corrected chi connectivity index (χ1v) is 12.1. The SMILES string of the molecule is CC(=O)[C@H]1CCC2[C@@H]3CCC4C[C@@H](OC(=O)OC(C)Cl)CC[C@]4(C)C3CCC21C. The van der Waals surface area contributed by atoms with Gasteiger partial charge in [0.05, 0.1) is 0 Å². The maximum atomic E-state index is 12.3. The number of carbonyl (C=O) groups excluding carboxylic acids is 2. The minimum absolute atomic E-state index is 0.0463. The van der Waals surface area contributed by atoms with Gasteiger partial charge in [-0.2, -0.15) is 0 Å². The van der Waals surface area contributed by atoms with Crippen molar-refractivity contribution in [3.8, 4) is 0 Å². The van der Waals surface area contributed by atoms with Gasteiger partial charge in [-0.25, -0.2) is 4.79 Å². The summed E-state index contributed by atoms with van der Waals surface area (Å²) in [5, 5.41) is 0. The van der Waals surface area contributed by atoms with E-state index in [0.29, 0.717) is 23.0 Å². The molecule has 4 fully saturated rings. The zero-order chi connectivity index (χ0) is 21.0. The number of alkyl halides is 1. The molecule has 4 aliphatic rings. The highest BCUT2D eigenvalue weighted by Gasteiger charge is 2.60. The van der Waals surface area contributed by atoms with Gasteiger partial charge in [0.1, 0.15) is 11.9 Å². The first-order valence-electron chi connectivity index (χ1n) is 11.7. The van der Waals surface area contributed by atoms with Crippen LogP contribution in [0.1, 0.15) is 85.5 Å². The third-order valence-corrected chi connectivity index (χ3v) is 9.72. The van der Waals surface area contributed by atoms with E-state index in [0.717, 1.165) is 37.5 Å². The van der Waals surface area contributed by atoms with Crippen molar-refractivity contribution in [2.45, 2.75) is 97.1 Å². The Kier molecular flexibility index (Phi) is 5.72. The van der Waals surface area contributed by atoms with Gasteiger partial charge in [-0.05, 0) is 106 Å². The van der Waals surface area contributed by atoms with E-state index in [2.05, 4.69) is 13.8 Å². The molecule has 9 atom stereocenters. The summed E-state index contributed by atoms with van der Waals surface area (Å²) < 4.78 is 10.5. The third kappa shape index (κ3) is 3.62. The highest BCUT2D eigenvalue weighted by Crippen LogP contribution is 2.67. The van der Waals surface area contributed by atoms with Crippen LogP contribution >= 0.6 is 11.6 Å². The summed E-state index contributed by atoms with van der Waals surface area (Å²) in [4.78, 5) is 24.2. The summed E-state index contributed by atoms with van der Waals surface area (Å²) in [6.07, 6.45) is 9.57. The summed E-state index contributed by atoms with van der Waals surface area (Å²) in [5.74, 6) is 3.52. The van der Waals surface area contributed by atoms with Crippen molar-refractivity contribution in [2.75, 3.05) is 0 Å². The smallest absolute Gasteiger partial charge is 0.431 e. The number of hydrogen-bond acceptors (Lipinski definition) is 4. The van der Waals surface area contributed by atoms with Crippen molar-refractivity contribution in [2.24, 2.45) is 40.4 Å². The molecule has 0 spiro atoms. The third-order valence-electron chi connectivity index (χ3n) is 9.63. The average Bonchev–Trinajstić information content (AvgIpc) is 2.98. The molecule has 164 valence electrons. The molecule has 0 aromatic carbocycles. The summed E-state index contributed by atoms with van der Waals surface area (Å²) in [7, 11) is 0. The molecular formula is C24H37ClO4. The molecule has 0 N–H and O–H groups in total. The van der Waals surface area contributed by atoms with Gasteiger partial charge in [0.15, 0.2) is 5.56 Å². The Hall–Kier alpha value is -0.770. The van der Waals surface area contributed by atoms with E-state index in [1.165, 1.54) is 32.1 Å². The van der Waals surface area contributed by atoms with Crippen molar-refractivity contribution < 1.29 is 19.1 Å². The van der Waals surface area contributed by atoms with Crippen molar-refractivity contribution in [1.29, 1.82) is 0 Å². The van der Waals surface area contributed by atoms with Crippen LogP contribution in [0.3, 0.4) is 0 Å². The van der Waals surface area contributed by atoms with Crippen LogP contribution in [0.5, 0.6) is 0 Å². The molecule has 0 aromatic rings. The lowest BCUT2D eigenvalue weighted by Gasteiger charge is -2.61. The van der Waals surface area contributed by atoms with Gasteiger partial charge < -0.3 is 9.47 Å². The molecule has 4 aliphatic carbocycles. The van der Waals surface area contributed by atoms with Crippen LogP contribution in [0, 0.1) is 40.4 Å². The van der Waals surface area contributed by atoms with Crippen LogP contribution < -0.4 is 0 Å². The van der Waals surface area contributed by atoms with Gasteiger partial charge in [0.25, 0.3) is 0 Å². The second-order valence-electron chi connectivity index (χ2n) is 10.9. The van der Waals surface area contributed by atoms with E-state index in [-0.39, 0.29) is 17.4 Å². The number of fused-ring (bicyclic) bond motifs is 5. The van der Waals surface area contributed by atoms with Gasteiger partial charge >= 0.3 is 6.16 Å². The standard InChI is InChI=1S/C24H37ClO4/c1-14(26)19-7-8-20-18-6-5-16-13-17(29-22(27)28-15(2)25)9-11-23(16,3)21(18)10-12-24(19,20)4/h15-21H,5-13H2,1-4H3/t15?,16?,17-,18-,19+,20?,21?,23-,24?/m0/s1. The molecular weight excluding hydrogens is 388 g/mol. The molecule has 4 rings (SSSR count). The molecule has 0 amide bonds. The highest BCUT2D eigenvalue weighted by molar-refractivity contribution is 6.19. The zero-order valence-corrected chi connectivity index (χ0v) is 19.2. The van der Waals surface area contributed by atoms with Gasteiger partial charge in [-0.3, -0.25) is 4.79 Å². The Bertz CT molecular complexity index is 663. The number of carbonyl (C=O) groups is 2. The Balaban J connectivity index is 1.45. The lowest BCUT2D eigenvalue weighted by molar-refractivity contribution is -0.140. The summed E-state index contributed by atoms with van der Waals surface area (Å²) in [6, 6.07) is 0. The summed E-state index contributed by atoms with van der Waals surface area (Å²) in [6.45, 7) is 8.35. The van der Waals surface area contributed by atoms with Crippen LogP contribution in [-0.4, -0.2) is 23.6 Å². The van der Waals surface area contributed by atoms with Gasteiger partial charge in [0, 0.05) is 5.92 Å². The monoisotopic (exact) mass is 424 g/mol. The molecule has 0 bridgehead atoms. The van der Waals surface area contributed by atoms with Gasteiger partial charge in [-0.15, -0.1) is 0 Å². The summed E-state index contributed by atoms with van der Waals surface area (Å²) >= 11 is 5.74. The number of ether oxygens (including phenoxy) is 2. The maximum Gasteiger partial charge on any atom is 0.510 e. The average molecular weight is 425 g/mol. The molecule has 0 radical (unpaired) electrons. The minimum Gasteiger partial charge on any atom is -0.431 e. The van der Waals surface area contributed by atoms with E-state index in [1.807, 2.05) is 0 Å². The van der Waals surface area contributed by atoms with E-state index in [4.69, 9.17) is 21.1 Å². The zero-order valence-electron chi connectivity index (χ0n) is 18.4. The molecule has 5 heteroatoms. The second-order valence-corrected chi connectivity index (χ2v) is 11.5. The van der Waals surface area contributed by atoms with Gasteiger partial charge in [-0.1, -0.05) is 25.4 Å². The fourth-order valence-electron chi connectivity index (χ4n) is 8.29. The second kappa shape index (κ2) is 7.73. The van der Waals surface area contributed by atoms with E-state index in [1.54, 1.807) is 13.8 Å². The number of rotatable bonds is 3. The Labute approximate surface area is 180 Å². The number of ketones is 1. The highest BCUT2D eigenvalue weighted by atomic mass is 35.5. The topological polar surface area (TPSA) is 52.6 Å². The van der Waals surface area contributed by atoms with E-state index >= 15 is 0 Å². The van der Waals surface area contributed by atoms with E-state index in [9.17, 15) is 9.59 Å². The van der Waals surface area contributed by atoms with Crippen LogP contribution in [0.4, 0.5) is 4.79 Å². The quantitative estimate of drug-likeness (QED) is 0.391. The van der Waals surface area contributed by atoms with Crippen molar-refractivity contribution in [3.63, 3.8) is 0 Å². The first kappa shape index (κ1) is 21.5. The van der Waals surface area contributed by atoms with Gasteiger partial charge in [0.2, 0.25) is 0 Å². The Morgan fingerprint density at radius 2 is 1.66 bits per heavy atom. The van der Waals surface area contributed by atoms with Crippen molar-refractivity contribution in [3.05, 3.63) is 0 Å². The molecule has 0 aliphatic heterocycles. The van der Waals surface area contributed by atoms with Crippen LogP contribution in [0.2, 0.25) is 0 Å². The molecule has 4 saturated carbocycles. The number of hydrogen-bond donors (Lipinski definition) is 0. The predicted octanol–water partition coefficient (Wildman–Crippen LogP) is 6.34. The predicted molar refractivity (Wildman–Crippen MR) is 113 cm³/mol.